The number of fused-ring (bicyclic) bond motifs is 3. The molecule has 4 aromatic heterocycles. The van der Waals surface area contributed by atoms with Crippen LogP contribution in [0.5, 0.6) is 0 Å². The number of rotatable bonds is 6. The lowest BCUT2D eigenvalue weighted by molar-refractivity contribution is -0.113. The van der Waals surface area contributed by atoms with Crippen molar-refractivity contribution in [3.8, 4) is 0 Å². The number of hydrogen-bond donors (Lipinski definition) is 1. The normalized spacial score (nSPS) is 11.4. The minimum absolute atomic E-state index is 0.0768. The number of anilines is 1. The second-order valence-electron chi connectivity index (χ2n) is 6.93. The molecule has 5 aromatic rings. The Kier molecular flexibility index (Phi) is 5.34. The highest BCUT2D eigenvalue weighted by molar-refractivity contribution is 7.99. The number of benzene rings is 1. The van der Waals surface area contributed by atoms with Crippen LogP contribution in [-0.4, -0.2) is 30.8 Å². The summed E-state index contributed by atoms with van der Waals surface area (Å²) in [6.07, 6.45) is 0. The zero-order valence-corrected chi connectivity index (χ0v) is 18.9. The van der Waals surface area contributed by atoms with Gasteiger partial charge in [0.15, 0.2) is 5.16 Å². The molecule has 31 heavy (non-hydrogen) atoms. The van der Waals surface area contributed by atoms with Gasteiger partial charge in [0.05, 0.1) is 17.8 Å². The van der Waals surface area contributed by atoms with E-state index < -0.39 is 0 Å². The first-order valence-corrected chi connectivity index (χ1v) is 12.2. The number of hydrogen-bond acceptors (Lipinski definition) is 7. The third kappa shape index (κ3) is 3.89. The van der Waals surface area contributed by atoms with Gasteiger partial charge < -0.3 is 5.32 Å². The molecule has 5 rings (SSSR count). The number of thioether (sulfide) groups is 1. The van der Waals surface area contributed by atoms with E-state index >= 15 is 0 Å². The van der Waals surface area contributed by atoms with Crippen molar-refractivity contribution in [3.05, 3.63) is 74.0 Å². The number of nitrogens with one attached hydrogen (secondary N) is 1. The summed E-state index contributed by atoms with van der Waals surface area (Å²) in [4.78, 5) is 26.6. The van der Waals surface area contributed by atoms with Gasteiger partial charge in [0, 0.05) is 10.6 Å². The van der Waals surface area contributed by atoms with Crippen LogP contribution in [0, 0.1) is 6.92 Å². The Morgan fingerprint density at radius 2 is 2.03 bits per heavy atom. The molecule has 1 aromatic carbocycles. The van der Waals surface area contributed by atoms with Crippen LogP contribution in [-0.2, 0) is 11.3 Å². The van der Waals surface area contributed by atoms with Gasteiger partial charge in [-0.1, -0.05) is 30.0 Å². The molecule has 1 N–H and O–H groups in total. The van der Waals surface area contributed by atoms with Crippen LogP contribution in [0.25, 0.3) is 16.0 Å². The second-order valence-corrected chi connectivity index (χ2v) is 9.82. The standard InChI is InChI=1S/C21H17N5O2S3/c1-13-4-2-5-14(10-13)22-17(27)12-31-21-24-23-20-25(11-15-6-3-8-29-15)19(28)18-16(26(20)21)7-9-30-18/h2-10H,11-12H2,1H3,(H,22,27). The number of carbonyl (C=O) groups excluding carboxylic acids is 1. The first-order valence-electron chi connectivity index (χ1n) is 9.47. The average molecular weight is 468 g/mol. The summed E-state index contributed by atoms with van der Waals surface area (Å²) < 4.78 is 4.16. The molecule has 156 valence electrons. The Morgan fingerprint density at radius 3 is 2.84 bits per heavy atom. The summed E-state index contributed by atoms with van der Waals surface area (Å²) in [6, 6.07) is 13.5. The third-order valence-corrected chi connectivity index (χ3v) is 7.39. The smallest absolute Gasteiger partial charge is 0.273 e. The molecule has 0 unspecified atom stereocenters. The monoisotopic (exact) mass is 467 g/mol. The Bertz CT molecular complexity index is 1450. The number of carbonyl (C=O) groups is 1. The lowest BCUT2D eigenvalue weighted by atomic mass is 10.2. The largest absolute Gasteiger partial charge is 0.325 e. The minimum Gasteiger partial charge on any atom is -0.325 e. The van der Waals surface area contributed by atoms with E-state index in [1.54, 1.807) is 15.9 Å². The summed E-state index contributed by atoms with van der Waals surface area (Å²) in [7, 11) is 0. The molecule has 0 saturated carbocycles. The van der Waals surface area contributed by atoms with Crippen molar-refractivity contribution in [2.75, 3.05) is 11.1 Å². The van der Waals surface area contributed by atoms with E-state index in [9.17, 15) is 9.59 Å². The number of thiophene rings is 2. The molecule has 0 aliphatic heterocycles. The van der Waals surface area contributed by atoms with E-state index in [0.717, 1.165) is 21.6 Å². The van der Waals surface area contributed by atoms with Crippen molar-refractivity contribution in [3.63, 3.8) is 0 Å². The van der Waals surface area contributed by atoms with Gasteiger partial charge in [-0.3, -0.25) is 18.6 Å². The van der Waals surface area contributed by atoms with Gasteiger partial charge in [-0.15, -0.1) is 32.9 Å². The molecule has 0 aliphatic rings. The second kappa shape index (κ2) is 8.29. The Morgan fingerprint density at radius 1 is 1.13 bits per heavy atom. The maximum atomic E-state index is 13.1. The molecule has 0 bridgehead atoms. The van der Waals surface area contributed by atoms with Crippen molar-refractivity contribution in [1.82, 2.24) is 19.2 Å². The fourth-order valence-electron chi connectivity index (χ4n) is 3.34. The highest BCUT2D eigenvalue weighted by Crippen LogP contribution is 2.25. The van der Waals surface area contributed by atoms with E-state index in [1.165, 1.54) is 23.1 Å². The van der Waals surface area contributed by atoms with Crippen LogP contribution in [0.4, 0.5) is 5.69 Å². The van der Waals surface area contributed by atoms with E-state index in [-0.39, 0.29) is 17.2 Å². The van der Waals surface area contributed by atoms with Gasteiger partial charge in [-0.25, -0.2) is 0 Å². The Balaban J connectivity index is 1.46. The first-order chi connectivity index (χ1) is 15.1. The third-order valence-electron chi connectivity index (χ3n) is 4.71. The van der Waals surface area contributed by atoms with Crippen LogP contribution < -0.4 is 10.9 Å². The number of aromatic nitrogens is 4. The lowest BCUT2D eigenvalue weighted by Gasteiger charge is -2.08. The maximum Gasteiger partial charge on any atom is 0.273 e. The SMILES string of the molecule is Cc1cccc(NC(=O)CSc2nnc3n(Cc4cccs4)c(=O)c4sccc4n23)c1. The van der Waals surface area contributed by atoms with Crippen molar-refractivity contribution >= 4 is 62.0 Å². The molecule has 0 spiro atoms. The Labute approximate surface area is 189 Å². The van der Waals surface area contributed by atoms with Gasteiger partial charge in [0.2, 0.25) is 11.7 Å². The molecule has 0 fully saturated rings. The maximum absolute atomic E-state index is 13.1. The summed E-state index contributed by atoms with van der Waals surface area (Å²) in [6.45, 7) is 2.42. The van der Waals surface area contributed by atoms with Crippen LogP contribution >= 0.6 is 34.4 Å². The fraction of sp³-hybridized carbons (Fsp3) is 0.143. The zero-order chi connectivity index (χ0) is 21.4. The lowest BCUT2D eigenvalue weighted by Crippen LogP contribution is -2.22. The molecule has 0 aliphatic carbocycles. The quantitative estimate of drug-likeness (QED) is 0.378. The van der Waals surface area contributed by atoms with Gasteiger partial charge >= 0.3 is 0 Å². The first kappa shape index (κ1) is 20.0. The predicted molar refractivity (Wildman–Crippen MR) is 127 cm³/mol. The molecule has 7 nitrogen and oxygen atoms in total. The van der Waals surface area contributed by atoms with Crippen LogP contribution in [0.1, 0.15) is 10.4 Å². The molecule has 4 heterocycles. The number of nitrogens with zero attached hydrogens (tertiary/aromatic N) is 4. The van der Waals surface area contributed by atoms with Gasteiger partial charge in [-0.2, -0.15) is 0 Å². The molecular formula is C21H17N5O2S3. The summed E-state index contributed by atoms with van der Waals surface area (Å²) >= 11 is 4.29. The summed E-state index contributed by atoms with van der Waals surface area (Å²) in [5.74, 6) is 0.538. The van der Waals surface area contributed by atoms with E-state index in [4.69, 9.17) is 0 Å². The molecule has 1 amide bonds. The minimum atomic E-state index is -0.124. The predicted octanol–water partition coefficient (Wildman–Crippen LogP) is 4.25. The molecule has 0 radical (unpaired) electrons. The van der Waals surface area contributed by atoms with Crippen LogP contribution in [0.2, 0.25) is 0 Å². The van der Waals surface area contributed by atoms with Crippen molar-refractivity contribution < 1.29 is 4.79 Å². The van der Waals surface area contributed by atoms with E-state index in [0.29, 0.717) is 22.2 Å². The average Bonchev–Trinajstić information content (AvgIpc) is 3.50. The van der Waals surface area contributed by atoms with E-state index in [2.05, 4.69) is 15.5 Å². The molecule has 0 saturated heterocycles. The molecule has 0 atom stereocenters. The topological polar surface area (TPSA) is 81.3 Å². The Hall–Kier alpha value is -2.95. The molecular weight excluding hydrogens is 450 g/mol. The van der Waals surface area contributed by atoms with Gasteiger partial charge in [0.1, 0.15) is 4.70 Å². The van der Waals surface area contributed by atoms with Gasteiger partial charge in [0.25, 0.3) is 5.56 Å². The highest BCUT2D eigenvalue weighted by Gasteiger charge is 2.19. The summed E-state index contributed by atoms with van der Waals surface area (Å²) in [5, 5.41) is 16.0. The van der Waals surface area contributed by atoms with Crippen molar-refractivity contribution in [2.45, 2.75) is 18.6 Å². The summed E-state index contributed by atoms with van der Waals surface area (Å²) in [5.41, 5.74) is 2.53. The van der Waals surface area contributed by atoms with E-state index in [1.807, 2.05) is 64.5 Å². The van der Waals surface area contributed by atoms with Crippen LogP contribution in [0.3, 0.4) is 0 Å². The number of amides is 1. The zero-order valence-electron chi connectivity index (χ0n) is 16.4. The van der Waals surface area contributed by atoms with Crippen LogP contribution in [0.15, 0.2) is 63.2 Å². The molecule has 10 heteroatoms. The van der Waals surface area contributed by atoms with Gasteiger partial charge in [-0.05, 0) is 47.5 Å². The van der Waals surface area contributed by atoms with Crippen molar-refractivity contribution in [2.24, 2.45) is 0 Å². The highest BCUT2D eigenvalue weighted by atomic mass is 32.2. The van der Waals surface area contributed by atoms with Crippen molar-refractivity contribution in [1.29, 1.82) is 0 Å². The fourth-order valence-corrected chi connectivity index (χ4v) is 5.60. The number of aryl methyl sites for hydroxylation is 1.